The molecule has 3 heterocycles. The zero-order valence-electron chi connectivity index (χ0n) is 21.0. The van der Waals surface area contributed by atoms with Crippen molar-refractivity contribution >= 4 is 34.1 Å². The number of fused-ring (bicyclic) bond motifs is 1. The van der Waals surface area contributed by atoms with E-state index in [-0.39, 0.29) is 5.91 Å². The molecule has 9 nitrogen and oxygen atoms in total. The fourth-order valence-electron chi connectivity index (χ4n) is 4.63. The van der Waals surface area contributed by atoms with E-state index >= 15 is 0 Å². The van der Waals surface area contributed by atoms with E-state index in [1.54, 1.807) is 27.3 Å². The second kappa shape index (κ2) is 9.77. The third-order valence-electron chi connectivity index (χ3n) is 6.65. The Morgan fingerprint density at radius 1 is 0.972 bits per heavy atom. The molecule has 1 saturated heterocycles. The Kier molecular flexibility index (Phi) is 6.37. The van der Waals surface area contributed by atoms with Gasteiger partial charge in [-0.3, -0.25) is 4.79 Å². The van der Waals surface area contributed by atoms with Crippen LogP contribution in [0.1, 0.15) is 6.92 Å². The molecule has 186 valence electrons. The maximum Gasteiger partial charge on any atom is 0.227 e. The van der Waals surface area contributed by atoms with Crippen LogP contribution in [-0.2, 0) is 11.8 Å². The highest BCUT2D eigenvalue weighted by molar-refractivity contribution is 5.85. The molecule has 0 unspecified atom stereocenters. The van der Waals surface area contributed by atoms with E-state index in [1.165, 1.54) is 5.52 Å². The third-order valence-corrected chi connectivity index (χ3v) is 6.65. The summed E-state index contributed by atoms with van der Waals surface area (Å²) in [6.45, 7) is 4.41. The van der Waals surface area contributed by atoms with Crippen LogP contribution in [-0.4, -0.2) is 65.7 Å². The summed E-state index contributed by atoms with van der Waals surface area (Å²) in [4.78, 5) is 24.9. The topological polar surface area (TPSA) is 84.8 Å². The van der Waals surface area contributed by atoms with Gasteiger partial charge in [-0.1, -0.05) is 6.07 Å². The minimum Gasteiger partial charge on any atom is -0.494 e. The van der Waals surface area contributed by atoms with Crippen molar-refractivity contribution in [1.29, 1.82) is 0 Å². The number of hydrogen-bond donors (Lipinski definition) is 1. The van der Waals surface area contributed by atoms with E-state index in [2.05, 4.69) is 44.0 Å². The van der Waals surface area contributed by atoms with Crippen LogP contribution in [0, 0.1) is 0 Å². The molecule has 5 rings (SSSR count). The van der Waals surface area contributed by atoms with Gasteiger partial charge in [0.05, 0.1) is 31.3 Å². The van der Waals surface area contributed by atoms with Gasteiger partial charge < -0.3 is 29.2 Å². The summed E-state index contributed by atoms with van der Waals surface area (Å²) in [5.41, 5.74) is 4.64. The molecule has 1 N–H and O–H groups in total. The Bertz CT molecular complexity index is 1410. The van der Waals surface area contributed by atoms with Crippen LogP contribution in [0.2, 0.25) is 0 Å². The van der Waals surface area contributed by atoms with Gasteiger partial charge in [-0.05, 0) is 24.3 Å². The van der Waals surface area contributed by atoms with E-state index in [9.17, 15) is 4.79 Å². The smallest absolute Gasteiger partial charge is 0.227 e. The highest BCUT2D eigenvalue weighted by Gasteiger charge is 2.23. The summed E-state index contributed by atoms with van der Waals surface area (Å²) in [7, 11) is 5.32. The van der Waals surface area contributed by atoms with Gasteiger partial charge in [-0.2, -0.15) is 0 Å². The molecule has 1 amide bonds. The molecule has 0 bridgehead atoms. The summed E-state index contributed by atoms with van der Waals surface area (Å²) < 4.78 is 13.5. The summed E-state index contributed by atoms with van der Waals surface area (Å²) in [6, 6.07) is 14.2. The van der Waals surface area contributed by atoms with Gasteiger partial charge >= 0.3 is 0 Å². The Morgan fingerprint density at radius 3 is 2.47 bits per heavy atom. The largest absolute Gasteiger partial charge is 0.494 e. The first-order chi connectivity index (χ1) is 17.5. The lowest BCUT2D eigenvalue weighted by Crippen LogP contribution is -2.48. The third kappa shape index (κ3) is 4.51. The van der Waals surface area contributed by atoms with Gasteiger partial charge in [-0.15, -0.1) is 0 Å². The molecule has 0 spiro atoms. The van der Waals surface area contributed by atoms with E-state index in [1.807, 2.05) is 36.3 Å². The number of benzene rings is 2. The van der Waals surface area contributed by atoms with Crippen LogP contribution in [0.3, 0.4) is 0 Å². The minimum atomic E-state index is 0.102. The van der Waals surface area contributed by atoms with Crippen LogP contribution >= 0.6 is 0 Å². The van der Waals surface area contributed by atoms with Crippen molar-refractivity contribution in [2.75, 3.05) is 50.6 Å². The number of nitrogens with zero attached hydrogens (tertiary/aromatic N) is 5. The van der Waals surface area contributed by atoms with E-state index in [4.69, 9.17) is 14.5 Å². The van der Waals surface area contributed by atoms with Gasteiger partial charge in [0.15, 0.2) is 0 Å². The number of nitrogens with one attached hydrogen (secondary N) is 1. The summed E-state index contributed by atoms with van der Waals surface area (Å²) in [5, 5.41) is 4.46. The maximum atomic E-state index is 11.7. The van der Waals surface area contributed by atoms with Gasteiger partial charge in [0.25, 0.3) is 0 Å². The number of carbonyl (C=O) groups is 1. The second-order valence-corrected chi connectivity index (χ2v) is 8.81. The molecule has 1 aliphatic rings. The first kappa shape index (κ1) is 23.5. The van der Waals surface area contributed by atoms with E-state index in [0.717, 1.165) is 35.4 Å². The zero-order chi connectivity index (χ0) is 25.2. The Morgan fingerprint density at radius 2 is 1.75 bits per heavy atom. The highest BCUT2D eigenvalue weighted by Crippen LogP contribution is 2.40. The molecule has 1 fully saturated rings. The Hall–Kier alpha value is -4.27. The monoisotopic (exact) mass is 486 g/mol. The molecule has 0 atom stereocenters. The predicted molar refractivity (Wildman–Crippen MR) is 141 cm³/mol. The molecular formula is C27H30N6O3. The number of hydrogen-bond acceptors (Lipinski definition) is 7. The van der Waals surface area contributed by atoms with Crippen LogP contribution in [0.25, 0.3) is 22.2 Å². The Labute approximate surface area is 210 Å². The number of aromatic nitrogens is 3. The van der Waals surface area contributed by atoms with Gasteiger partial charge in [0.2, 0.25) is 11.9 Å². The summed E-state index contributed by atoms with van der Waals surface area (Å²) in [6.07, 6.45) is 3.79. The number of amides is 1. The van der Waals surface area contributed by atoms with Crippen molar-refractivity contribution in [2.45, 2.75) is 6.92 Å². The van der Waals surface area contributed by atoms with Crippen LogP contribution in [0.15, 0.2) is 54.9 Å². The zero-order valence-corrected chi connectivity index (χ0v) is 21.0. The molecular weight excluding hydrogens is 456 g/mol. The van der Waals surface area contributed by atoms with Gasteiger partial charge in [0, 0.05) is 81.1 Å². The summed E-state index contributed by atoms with van der Waals surface area (Å²) in [5.74, 6) is 1.92. The van der Waals surface area contributed by atoms with Crippen molar-refractivity contribution in [3.63, 3.8) is 0 Å². The number of methoxy groups -OCH3 is 2. The average molecular weight is 487 g/mol. The molecule has 1 aliphatic heterocycles. The van der Waals surface area contributed by atoms with Crippen molar-refractivity contribution in [3.05, 3.63) is 54.9 Å². The van der Waals surface area contributed by atoms with E-state index < -0.39 is 0 Å². The molecule has 9 heteroatoms. The number of piperazine rings is 1. The molecule has 4 aromatic rings. The van der Waals surface area contributed by atoms with Crippen molar-refractivity contribution in [2.24, 2.45) is 7.05 Å². The van der Waals surface area contributed by atoms with Crippen LogP contribution in [0.5, 0.6) is 11.5 Å². The molecule has 36 heavy (non-hydrogen) atoms. The summed E-state index contributed by atoms with van der Waals surface area (Å²) >= 11 is 0. The lowest BCUT2D eigenvalue weighted by atomic mass is 10.1. The second-order valence-electron chi connectivity index (χ2n) is 8.81. The number of anilines is 3. The molecule has 0 aliphatic carbocycles. The highest BCUT2D eigenvalue weighted by atomic mass is 16.5. The molecule has 0 radical (unpaired) electrons. The number of carbonyl (C=O) groups excluding carboxylic acids is 1. The number of aryl methyl sites for hydroxylation is 1. The van der Waals surface area contributed by atoms with Crippen molar-refractivity contribution in [1.82, 2.24) is 19.4 Å². The quantitative estimate of drug-likeness (QED) is 0.440. The fourth-order valence-corrected chi connectivity index (χ4v) is 4.63. The standard InChI is InChI=1S/C27H30N6O3/c1-18(34)32-11-13-33(14-12-32)24-17-25(35-3)22(16-26(24)36-4)30-27-28-9-7-21(29-27)19-5-6-23-20(15-19)8-10-31(23)2/h5-10,15-17H,11-14H2,1-4H3,(H,28,29,30). The van der Waals surface area contributed by atoms with Crippen LogP contribution < -0.4 is 19.7 Å². The average Bonchev–Trinajstić information content (AvgIpc) is 3.28. The first-order valence-corrected chi connectivity index (χ1v) is 11.9. The fraction of sp³-hybridized carbons (Fsp3) is 0.296. The SMILES string of the molecule is COc1cc(N2CCN(C(C)=O)CC2)c(OC)cc1Nc1nccc(-c2ccc3c(ccn3C)c2)n1. The number of ether oxygens (including phenoxy) is 2. The predicted octanol–water partition coefficient (Wildman–Crippen LogP) is 4.06. The van der Waals surface area contributed by atoms with Crippen molar-refractivity contribution in [3.8, 4) is 22.8 Å². The normalized spacial score (nSPS) is 13.7. The Balaban J connectivity index is 1.41. The van der Waals surface area contributed by atoms with Gasteiger partial charge in [-0.25, -0.2) is 9.97 Å². The lowest BCUT2D eigenvalue weighted by molar-refractivity contribution is -0.129. The van der Waals surface area contributed by atoms with Crippen LogP contribution in [0.4, 0.5) is 17.3 Å². The molecule has 2 aromatic heterocycles. The maximum absolute atomic E-state index is 11.7. The molecule has 2 aromatic carbocycles. The van der Waals surface area contributed by atoms with Crippen molar-refractivity contribution < 1.29 is 14.3 Å². The minimum absolute atomic E-state index is 0.102. The van der Waals surface area contributed by atoms with Gasteiger partial charge in [0.1, 0.15) is 11.5 Å². The van der Waals surface area contributed by atoms with E-state index in [0.29, 0.717) is 36.2 Å². The first-order valence-electron chi connectivity index (χ1n) is 11.9. The molecule has 0 saturated carbocycles. The lowest BCUT2D eigenvalue weighted by Gasteiger charge is -2.36. The number of rotatable bonds is 6.